The second-order valence-corrected chi connectivity index (χ2v) is 8.73. The van der Waals surface area contributed by atoms with Crippen molar-refractivity contribution in [3.05, 3.63) is 64.3 Å². The largest absolute Gasteiger partial charge is 0.497 e. The Kier molecular flexibility index (Phi) is 5.98. The average molecular weight is 475 g/mol. The molecule has 2 aromatic heterocycles. The smallest absolute Gasteiger partial charge is 0.420 e. The van der Waals surface area contributed by atoms with Gasteiger partial charge in [-0.15, -0.1) is 0 Å². The van der Waals surface area contributed by atoms with Crippen molar-refractivity contribution in [3.63, 3.8) is 0 Å². The van der Waals surface area contributed by atoms with Gasteiger partial charge in [0.05, 0.1) is 23.7 Å². The lowest BCUT2D eigenvalue weighted by Gasteiger charge is -2.26. The van der Waals surface area contributed by atoms with Gasteiger partial charge >= 0.3 is 5.76 Å². The number of oxazole rings is 1. The van der Waals surface area contributed by atoms with Crippen LogP contribution in [0.1, 0.15) is 35.3 Å². The number of ether oxygens (including phenoxy) is 1. The number of amides is 2. The first-order valence-electron chi connectivity index (χ1n) is 11.6. The zero-order valence-electron chi connectivity index (χ0n) is 19.7. The third kappa shape index (κ3) is 4.49. The SMILES string of the molecule is COc1ccc2nc(C)cc(C(=O)Nc3ccc4oc(=O)n(CC(=O)N5CCCCC5)c4c3)c2c1. The average Bonchev–Trinajstić information content (AvgIpc) is 3.17. The number of pyridine rings is 1. The second kappa shape index (κ2) is 9.25. The predicted octanol–water partition coefficient (Wildman–Crippen LogP) is 3.72. The Hall–Kier alpha value is -4.14. The monoisotopic (exact) mass is 474 g/mol. The lowest BCUT2D eigenvalue weighted by atomic mass is 10.1. The van der Waals surface area contributed by atoms with E-state index in [1.54, 1.807) is 48.4 Å². The molecule has 2 amide bonds. The molecular weight excluding hydrogens is 448 g/mol. The lowest BCUT2D eigenvalue weighted by molar-refractivity contribution is -0.132. The summed E-state index contributed by atoms with van der Waals surface area (Å²) in [6, 6.07) is 12.0. The molecule has 0 bridgehead atoms. The maximum Gasteiger partial charge on any atom is 0.420 e. The molecule has 0 unspecified atom stereocenters. The van der Waals surface area contributed by atoms with Gasteiger partial charge in [-0.1, -0.05) is 0 Å². The van der Waals surface area contributed by atoms with Crippen LogP contribution in [0.4, 0.5) is 5.69 Å². The molecule has 1 aliphatic rings. The summed E-state index contributed by atoms with van der Waals surface area (Å²) in [5.41, 5.74) is 3.14. The molecule has 0 aliphatic carbocycles. The number of rotatable bonds is 5. The molecule has 9 nitrogen and oxygen atoms in total. The fourth-order valence-corrected chi connectivity index (χ4v) is 4.52. The molecule has 5 rings (SSSR count). The van der Waals surface area contributed by atoms with Gasteiger partial charge < -0.3 is 19.4 Å². The van der Waals surface area contributed by atoms with Crippen LogP contribution >= 0.6 is 0 Å². The molecule has 0 atom stereocenters. The Morgan fingerprint density at radius 1 is 1.09 bits per heavy atom. The van der Waals surface area contributed by atoms with Crippen LogP contribution < -0.4 is 15.8 Å². The Labute approximate surface area is 201 Å². The van der Waals surface area contributed by atoms with E-state index in [1.165, 1.54) is 4.57 Å². The molecule has 0 spiro atoms. The highest BCUT2D eigenvalue weighted by molar-refractivity contribution is 6.13. The fourth-order valence-electron chi connectivity index (χ4n) is 4.52. The highest BCUT2D eigenvalue weighted by Gasteiger charge is 2.20. The number of nitrogens with one attached hydrogen (secondary N) is 1. The molecule has 1 N–H and O–H groups in total. The number of likely N-dealkylation sites (tertiary alicyclic amines) is 1. The van der Waals surface area contributed by atoms with Crippen molar-refractivity contribution in [2.75, 3.05) is 25.5 Å². The molecule has 3 heterocycles. The van der Waals surface area contributed by atoms with E-state index in [0.29, 0.717) is 57.8 Å². The summed E-state index contributed by atoms with van der Waals surface area (Å²) in [7, 11) is 1.57. The van der Waals surface area contributed by atoms with Gasteiger partial charge in [0, 0.05) is 29.9 Å². The van der Waals surface area contributed by atoms with Gasteiger partial charge in [0.1, 0.15) is 12.3 Å². The molecule has 1 saturated heterocycles. The van der Waals surface area contributed by atoms with Crippen molar-refractivity contribution >= 4 is 39.5 Å². The fraction of sp³-hybridized carbons (Fsp3) is 0.308. The number of nitrogens with zero attached hydrogens (tertiary/aromatic N) is 3. The second-order valence-electron chi connectivity index (χ2n) is 8.73. The van der Waals surface area contributed by atoms with Gasteiger partial charge in [-0.2, -0.15) is 0 Å². The molecule has 35 heavy (non-hydrogen) atoms. The van der Waals surface area contributed by atoms with E-state index in [1.807, 2.05) is 13.0 Å². The number of hydrogen-bond donors (Lipinski definition) is 1. The maximum atomic E-state index is 13.3. The highest BCUT2D eigenvalue weighted by Crippen LogP contribution is 2.25. The van der Waals surface area contributed by atoms with Crippen molar-refractivity contribution < 1.29 is 18.7 Å². The summed E-state index contributed by atoms with van der Waals surface area (Å²) in [4.78, 5) is 44.8. The molecule has 0 radical (unpaired) electrons. The Bertz CT molecular complexity index is 1500. The Balaban J connectivity index is 1.45. The van der Waals surface area contributed by atoms with E-state index in [2.05, 4.69) is 10.3 Å². The third-order valence-electron chi connectivity index (χ3n) is 6.32. The molecule has 1 fully saturated rings. The number of aromatic nitrogens is 2. The van der Waals surface area contributed by atoms with Gasteiger partial charge in [-0.3, -0.25) is 19.1 Å². The van der Waals surface area contributed by atoms with Crippen molar-refractivity contribution in [2.24, 2.45) is 0 Å². The quantitative estimate of drug-likeness (QED) is 0.472. The van der Waals surface area contributed by atoms with Gasteiger partial charge in [0.2, 0.25) is 5.91 Å². The van der Waals surface area contributed by atoms with Gasteiger partial charge in [0.15, 0.2) is 5.58 Å². The summed E-state index contributed by atoms with van der Waals surface area (Å²) in [6.45, 7) is 3.14. The zero-order chi connectivity index (χ0) is 24.5. The number of carbonyl (C=O) groups excluding carboxylic acids is 2. The van der Waals surface area contributed by atoms with E-state index in [0.717, 1.165) is 19.3 Å². The number of methoxy groups -OCH3 is 1. The van der Waals surface area contributed by atoms with Crippen LogP contribution in [0.3, 0.4) is 0 Å². The van der Waals surface area contributed by atoms with Crippen LogP contribution in [0.2, 0.25) is 0 Å². The molecule has 180 valence electrons. The minimum Gasteiger partial charge on any atom is -0.497 e. The zero-order valence-corrected chi connectivity index (χ0v) is 19.7. The van der Waals surface area contributed by atoms with Crippen molar-refractivity contribution in [2.45, 2.75) is 32.7 Å². The first-order valence-corrected chi connectivity index (χ1v) is 11.6. The Morgan fingerprint density at radius 3 is 2.66 bits per heavy atom. The van der Waals surface area contributed by atoms with Crippen LogP contribution in [0.5, 0.6) is 5.75 Å². The van der Waals surface area contributed by atoms with Crippen LogP contribution in [-0.4, -0.2) is 46.5 Å². The van der Waals surface area contributed by atoms with Crippen LogP contribution in [0.15, 0.2) is 51.7 Å². The molecular formula is C26H26N4O5. The number of carbonyl (C=O) groups is 2. The van der Waals surface area contributed by atoms with Gasteiger partial charge in [0.25, 0.3) is 5.91 Å². The molecule has 2 aromatic carbocycles. The molecule has 4 aromatic rings. The first kappa shape index (κ1) is 22.6. The highest BCUT2D eigenvalue weighted by atomic mass is 16.5. The van der Waals surface area contributed by atoms with Crippen LogP contribution in [0.25, 0.3) is 22.0 Å². The molecule has 1 aliphatic heterocycles. The number of aryl methyl sites for hydroxylation is 1. The molecule has 9 heteroatoms. The van der Waals surface area contributed by atoms with E-state index >= 15 is 0 Å². The van der Waals surface area contributed by atoms with Gasteiger partial charge in [-0.05, 0) is 68.7 Å². The minimum absolute atomic E-state index is 0.1000. The summed E-state index contributed by atoms with van der Waals surface area (Å²) >= 11 is 0. The summed E-state index contributed by atoms with van der Waals surface area (Å²) in [6.07, 6.45) is 3.05. The lowest BCUT2D eigenvalue weighted by Crippen LogP contribution is -2.39. The van der Waals surface area contributed by atoms with E-state index in [-0.39, 0.29) is 18.4 Å². The molecule has 0 saturated carbocycles. The summed E-state index contributed by atoms with van der Waals surface area (Å²) < 4.78 is 12.0. The van der Waals surface area contributed by atoms with Crippen molar-refractivity contribution in [3.8, 4) is 5.75 Å². The first-order chi connectivity index (χ1) is 16.9. The summed E-state index contributed by atoms with van der Waals surface area (Å²) in [5.74, 6) is -0.414. The van der Waals surface area contributed by atoms with E-state index in [9.17, 15) is 14.4 Å². The third-order valence-corrected chi connectivity index (χ3v) is 6.32. The van der Waals surface area contributed by atoms with Crippen LogP contribution in [0, 0.1) is 6.92 Å². The Morgan fingerprint density at radius 2 is 1.89 bits per heavy atom. The van der Waals surface area contributed by atoms with Crippen molar-refractivity contribution in [1.29, 1.82) is 0 Å². The predicted molar refractivity (Wildman–Crippen MR) is 132 cm³/mol. The maximum absolute atomic E-state index is 13.3. The minimum atomic E-state index is -0.600. The van der Waals surface area contributed by atoms with Gasteiger partial charge in [-0.25, -0.2) is 4.79 Å². The topological polar surface area (TPSA) is 107 Å². The number of piperidine rings is 1. The number of fused-ring (bicyclic) bond motifs is 2. The number of hydrogen-bond acceptors (Lipinski definition) is 6. The van der Waals surface area contributed by atoms with E-state index in [4.69, 9.17) is 9.15 Å². The standard InChI is InChI=1S/C26H26N4O5/c1-16-12-20(19-14-18(34-2)7-8-21(19)27-16)25(32)28-17-6-9-23-22(13-17)30(26(33)35-23)15-24(31)29-10-4-3-5-11-29/h6-9,12-14H,3-5,10-11,15H2,1-2H3,(H,28,32). The number of anilines is 1. The summed E-state index contributed by atoms with van der Waals surface area (Å²) in [5, 5.41) is 3.57. The van der Waals surface area contributed by atoms with Crippen LogP contribution in [-0.2, 0) is 11.3 Å². The van der Waals surface area contributed by atoms with Crippen molar-refractivity contribution in [1.82, 2.24) is 14.5 Å². The number of benzene rings is 2. The normalized spacial score (nSPS) is 13.8. The van der Waals surface area contributed by atoms with E-state index < -0.39 is 5.76 Å².